The van der Waals surface area contributed by atoms with Crippen molar-refractivity contribution in [1.29, 1.82) is 0 Å². The minimum Gasteiger partial charge on any atom is -0.481 e. The molecule has 0 aliphatic rings. The van der Waals surface area contributed by atoms with Gasteiger partial charge in [-0.2, -0.15) is 13.2 Å². The number of carbonyl (C=O) groups is 1. The average molecular weight is 246 g/mol. The predicted molar refractivity (Wildman–Crippen MR) is 56.7 cm³/mol. The van der Waals surface area contributed by atoms with Gasteiger partial charge in [0.2, 0.25) is 0 Å². The smallest absolute Gasteiger partial charge is 0.416 e. The lowest BCUT2D eigenvalue weighted by atomic mass is 9.88. The van der Waals surface area contributed by atoms with Gasteiger partial charge in [0.15, 0.2) is 0 Å². The molecule has 17 heavy (non-hydrogen) atoms. The summed E-state index contributed by atoms with van der Waals surface area (Å²) in [7, 11) is 0. The van der Waals surface area contributed by atoms with Crippen molar-refractivity contribution in [3.63, 3.8) is 0 Å². The zero-order valence-corrected chi connectivity index (χ0v) is 9.45. The summed E-state index contributed by atoms with van der Waals surface area (Å²) in [6.45, 7) is 3.21. The summed E-state index contributed by atoms with van der Waals surface area (Å²) in [6, 6.07) is 4.60. The van der Waals surface area contributed by atoms with Gasteiger partial charge in [-0.05, 0) is 23.6 Å². The van der Waals surface area contributed by atoms with E-state index in [9.17, 15) is 18.0 Å². The molecule has 0 aliphatic carbocycles. The summed E-state index contributed by atoms with van der Waals surface area (Å²) in [5.41, 5.74) is -0.135. The molecular weight excluding hydrogens is 233 g/mol. The minimum absolute atomic E-state index is 0.324. The largest absolute Gasteiger partial charge is 0.481 e. The van der Waals surface area contributed by atoms with Crippen LogP contribution in [0.4, 0.5) is 13.2 Å². The summed E-state index contributed by atoms with van der Waals surface area (Å²) in [6.07, 6.45) is -4.36. The monoisotopic (exact) mass is 246 g/mol. The van der Waals surface area contributed by atoms with Crippen molar-refractivity contribution in [2.45, 2.75) is 25.9 Å². The van der Waals surface area contributed by atoms with Crippen LogP contribution in [0.1, 0.15) is 30.9 Å². The van der Waals surface area contributed by atoms with Crippen molar-refractivity contribution in [1.82, 2.24) is 0 Å². The molecule has 1 N–H and O–H groups in total. The number of carboxylic acids is 1. The summed E-state index contributed by atoms with van der Waals surface area (Å²) in [5.74, 6) is -1.92. The van der Waals surface area contributed by atoms with Crippen molar-refractivity contribution in [3.8, 4) is 0 Å². The van der Waals surface area contributed by atoms with Gasteiger partial charge < -0.3 is 5.11 Å². The van der Waals surface area contributed by atoms with E-state index in [-0.39, 0.29) is 5.92 Å². The minimum atomic E-state index is -4.36. The number of halogens is 3. The molecule has 0 amide bonds. The van der Waals surface area contributed by atoms with Crippen LogP contribution in [0.25, 0.3) is 0 Å². The van der Waals surface area contributed by atoms with Gasteiger partial charge in [0.1, 0.15) is 0 Å². The van der Waals surface area contributed by atoms with Gasteiger partial charge in [0.05, 0.1) is 11.5 Å². The molecule has 2 unspecified atom stereocenters. The third-order valence-corrected chi connectivity index (χ3v) is 2.90. The van der Waals surface area contributed by atoms with Crippen LogP contribution in [-0.4, -0.2) is 11.1 Å². The molecule has 5 heteroatoms. The molecule has 1 rings (SSSR count). The Labute approximate surface area is 97.1 Å². The fraction of sp³-hybridized carbons (Fsp3) is 0.417. The zero-order valence-electron chi connectivity index (χ0n) is 9.45. The van der Waals surface area contributed by atoms with Gasteiger partial charge in [-0.25, -0.2) is 0 Å². The third kappa shape index (κ3) is 3.22. The molecule has 0 aliphatic heterocycles. The Morgan fingerprint density at radius 1 is 1.18 bits per heavy atom. The van der Waals surface area contributed by atoms with Crippen LogP contribution in [0, 0.1) is 5.92 Å². The molecule has 0 radical (unpaired) electrons. The van der Waals surface area contributed by atoms with Crippen LogP contribution in [0.2, 0.25) is 0 Å². The number of hydrogen-bond acceptors (Lipinski definition) is 1. The van der Waals surface area contributed by atoms with Gasteiger partial charge in [-0.15, -0.1) is 0 Å². The van der Waals surface area contributed by atoms with Crippen molar-refractivity contribution >= 4 is 5.97 Å². The maximum atomic E-state index is 12.3. The molecule has 94 valence electrons. The molecule has 0 fully saturated rings. The molecule has 1 aromatic carbocycles. The fourth-order valence-electron chi connectivity index (χ4n) is 1.48. The molecule has 2 atom stereocenters. The Hall–Kier alpha value is -1.52. The van der Waals surface area contributed by atoms with E-state index in [2.05, 4.69) is 0 Å². The second-order valence-electron chi connectivity index (χ2n) is 4.04. The van der Waals surface area contributed by atoms with Crippen molar-refractivity contribution in [3.05, 3.63) is 35.4 Å². The molecule has 0 spiro atoms. The van der Waals surface area contributed by atoms with Crippen LogP contribution in [0.15, 0.2) is 24.3 Å². The van der Waals surface area contributed by atoms with Crippen molar-refractivity contribution in [2.24, 2.45) is 5.92 Å². The number of benzene rings is 1. The van der Waals surface area contributed by atoms with E-state index in [1.807, 2.05) is 0 Å². The van der Waals surface area contributed by atoms with Gasteiger partial charge in [-0.3, -0.25) is 4.79 Å². The van der Waals surface area contributed by atoms with Crippen LogP contribution >= 0.6 is 0 Å². The number of rotatable bonds is 3. The highest BCUT2D eigenvalue weighted by molar-refractivity contribution is 5.70. The van der Waals surface area contributed by atoms with E-state index in [1.165, 1.54) is 19.1 Å². The summed E-state index contributed by atoms with van der Waals surface area (Å²) < 4.78 is 36.9. The Morgan fingerprint density at radius 2 is 1.65 bits per heavy atom. The number of aliphatic carboxylic acids is 1. The predicted octanol–water partition coefficient (Wildman–Crippen LogP) is 3.53. The molecule has 0 bridgehead atoms. The first kappa shape index (κ1) is 13.5. The Kier molecular flexibility index (Phi) is 3.80. The highest BCUT2D eigenvalue weighted by Gasteiger charge is 2.30. The second kappa shape index (κ2) is 4.77. The maximum Gasteiger partial charge on any atom is 0.416 e. The number of carboxylic acid groups (broad SMARTS) is 1. The third-order valence-electron chi connectivity index (χ3n) is 2.90. The van der Waals surface area contributed by atoms with E-state index >= 15 is 0 Å². The van der Waals surface area contributed by atoms with Crippen LogP contribution in [-0.2, 0) is 11.0 Å². The SMILES string of the molecule is CC(C(=O)O)C(C)c1ccc(C(F)(F)F)cc1. The first-order valence-corrected chi connectivity index (χ1v) is 5.13. The van der Waals surface area contributed by atoms with Crippen molar-refractivity contribution in [2.75, 3.05) is 0 Å². The molecule has 0 saturated heterocycles. The normalized spacial score (nSPS) is 15.4. The van der Waals surface area contributed by atoms with Gasteiger partial charge >= 0.3 is 12.1 Å². The Morgan fingerprint density at radius 3 is 2.00 bits per heavy atom. The quantitative estimate of drug-likeness (QED) is 0.885. The topological polar surface area (TPSA) is 37.3 Å². The maximum absolute atomic E-state index is 12.3. The van der Waals surface area contributed by atoms with Crippen LogP contribution < -0.4 is 0 Å². The molecule has 0 saturated carbocycles. The van der Waals surface area contributed by atoms with E-state index < -0.39 is 23.6 Å². The Bertz CT molecular complexity index is 395. The fourth-order valence-corrected chi connectivity index (χ4v) is 1.48. The van der Waals surface area contributed by atoms with Gasteiger partial charge in [-0.1, -0.05) is 26.0 Å². The summed E-state index contributed by atoms with van der Waals surface area (Å²) in [4.78, 5) is 10.8. The molecule has 2 nitrogen and oxygen atoms in total. The van der Waals surface area contributed by atoms with Crippen LogP contribution in [0.5, 0.6) is 0 Å². The van der Waals surface area contributed by atoms with Gasteiger partial charge in [0, 0.05) is 0 Å². The zero-order chi connectivity index (χ0) is 13.2. The average Bonchev–Trinajstić information content (AvgIpc) is 2.26. The van der Waals surface area contributed by atoms with Crippen molar-refractivity contribution < 1.29 is 23.1 Å². The molecular formula is C12H13F3O2. The molecule has 0 heterocycles. The number of hydrogen-bond donors (Lipinski definition) is 1. The first-order chi connectivity index (χ1) is 7.73. The second-order valence-corrected chi connectivity index (χ2v) is 4.04. The lowest BCUT2D eigenvalue weighted by Crippen LogP contribution is -2.16. The van der Waals surface area contributed by atoms with Gasteiger partial charge in [0.25, 0.3) is 0 Å². The lowest BCUT2D eigenvalue weighted by Gasteiger charge is -2.17. The standard InChI is InChI=1S/C12H13F3O2/c1-7(8(2)11(16)17)9-3-5-10(6-4-9)12(13,14)15/h3-8H,1-2H3,(H,16,17). The highest BCUT2D eigenvalue weighted by atomic mass is 19.4. The molecule has 1 aromatic rings. The highest BCUT2D eigenvalue weighted by Crippen LogP contribution is 2.31. The summed E-state index contributed by atoms with van der Waals surface area (Å²) in [5, 5.41) is 8.82. The Balaban J connectivity index is 2.92. The first-order valence-electron chi connectivity index (χ1n) is 5.13. The van der Waals surface area contributed by atoms with E-state index in [0.717, 1.165) is 12.1 Å². The number of alkyl halides is 3. The van der Waals surface area contributed by atoms with E-state index in [1.54, 1.807) is 6.92 Å². The van der Waals surface area contributed by atoms with Crippen LogP contribution in [0.3, 0.4) is 0 Å². The lowest BCUT2D eigenvalue weighted by molar-refractivity contribution is -0.142. The molecule has 0 aromatic heterocycles. The van der Waals surface area contributed by atoms with E-state index in [0.29, 0.717) is 5.56 Å². The summed E-state index contributed by atoms with van der Waals surface area (Å²) >= 11 is 0. The van der Waals surface area contributed by atoms with E-state index in [4.69, 9.17) is 5.11 Å².